The van der Waals surface area contributed by atoms with E-state index in [-0.39, 0.29) is 6.03 Å². The molecule has 132 valence electrons. The molecule has 1 saturated carbocycles. The lowest BCUT2D eigenvalue weighted by molar-refractivity contribution is 0.115. The van der Waals surface area contributed by atoms with Gasteiger partial charge in [0.2, 0.25) is 0 Å². The fraction of sp³-hybridized carbons (Fsp3) is 0.611. The summed E-state index contributed by atoms with van der Waals surface area (Å²) < 4.78 is 10.5. The normalized spacial score (nSPS) is 19.3. The maximum absolute atomic E-state index is 12.5. The van der Waals surface area contributed by atoms with E-state index in [1.54, 1.807) is 26.4 Å². The first kappa shape index (κ1) is 16.9. The van der Waals surface area contributed by atoms with Crippen molar-refractivity contribution in [3.05, 3.63) is 18.2 Å². The van der Waals surface area contributed by atoms with E-state index in [1.165, 1.54) is 25.7 Å². The third-order valence-electron chi connectivity index (χ3n) is 5.08. The van der Waals surface area contributed by atoms with Gasteiger partial charge in [0.15, 0.2) is 11.5 Å². The lowest BCUT2D eigenvalue weighted by Crippen LogP contribution is -2.52. The Labute approximate surface area is 143 Å². The van der Waals surface area contributed by atoms with E-state index in [1.807, 2.05) is 11.0 Å². The molecule has 1 aliphatic carbocycles. The number of amides is 2. The van der Waals surface area contributed by atoms with Crippen LogP contribution in [0.1, 0.15) is 25.7 Å². The summed E-state index contributed by atoms with van der Waals surface area (Å²) in [6.45, 7) is 3.53. The molecule has 0 bridgehead atoms. The maximum atomic E-state index is 12.5. The predicted molar refractivity (Wildman–Crippen MR) is 94.0 cm³/mol. The molecule has 2 amide bonds. The van der Waals surface area contributed by atoms with Crippen molar-refractivity contribution in [2.45, 2.75) is 31.7 Å². The average Bonchev–Trinajstić information content (AvgIpc) is 3.16. The minimum atomic E-state index is -0.0479. The van der Waals surface area contributed by atoms with E-state index in [0.717, 1.165) is 37.9 Å². The largest absolute Gasteiger partial charge is 0.493 e. The zero-order valence-corrected chi connectivity index (χ0v) is 14.6. The minimum Gasteiger partial charge on any atom is -0.493 e. The number of hydrogen-bond donors (Lipinski definition) is 1. The molecule has 24 heavy (non-hydrogen) atoms. The number of rotatable bonds is 4. The highest BCUT2D eigenvalue weighted by Crippen LogP contribution is 2.30. The number of anilines is 1. The molecule has 6 heteroatoms. The van der Waals surface area contributed by atoms with Crippen molar-refractivity contribution in [1.82, 2.24) is 9.80 Å². The third-order valence-corrected chi connectivity index (χ3v) is 5.08. The molecule has 1 aromatic carbocycles. The van der Waals surface area contributed by atoms with Gasteiger partial charge < -0.3 is 19.7 Å². The van der Waals surface area contributed by atoms with Crippen molar-refractivity contribution in [2.24, 2.45) is 0 Å². The van der Waals surface area contributed by atoms with E-state index in [2.05, 4.69) is 10.2 Å². The van der Waals surface area contributed by atoms with Crippen molar-refractivity contribution in [3.8, 4) is 11.5 Å². The van der Waals surface area contributed by atoms with Crippen LogP contribution in [-0.4, -0.2) is 62.3 Å². The highest BCUT2D eigenvalue weighted by Gasteiger charge is 2.27. The SMILES string of the molecule is COc1ccc(NC(=O)N2CCN(C3CCCC3)CC2)cc1OC. The van der Waals surface area contributed by atoms with Crippen LogP contribution in [0.3, 0.4) is 0 Å². The van der Waals surface area contributed by atoms with Crippen LogP contribution in [0, 0.1) is 0 Å². The molecule has 1 aromatic rings. The van der Waals surface area contributed by atoms with Gasteiger partial charge in [0.05, 0.1) is 14.2 Å². The molecule has 1 aliphatic heterocycles. The first-order chi connectivity index (χ1) is 11.7. The van der Waals surface area contributed by atoms with Crippen LogP contribution >= 0.6 is 0 Å². The molecule has 2 aliphatic rings. The zero-order chi connectivity index (χ0) is 16.9. The van der Waals surface area contributed by atoms with E-state index < -0.39 is 0 Å². The van der Waals surface area contributed by atoms with E-state index in [0.29, 0.717) is 11.5 Å². The number of urea groups is 1. The molecule has 0 aromatic heterocycles. The van der Waals surface area contributed by atoms with Gasteiger partial charge in [-0.15, -0.1) is 0 Å². The zero-order valence-electron chi connectivity index (χ0n) is 14.6. The number of methoxy groups -OCH3 is 2. The molecule has 3 rings (SSSR count). The van der Waals surface area contributed by atoms with Gasteiger partial charge in [0, 0.05) is 44.0 Å². The van der Waals surface area contributed by atoms with Crippen LogP contribution in [0.25, 0.3) is 0 Å². The summed E-state index contributed by atoms with van der Waals surface area (Å²) in [5.41, 5.74) is 0.718. The number of hydrogen-bond acceptors (Lipinski definition) is 4. The van der Waals surface area contributed by atoms with Crippen molar-refractivity contribution < 1.29 is 14.3 Å². The Hall–Kier alpha value is -1.95. The number of carbonyl (C=O) groups is 1. The summed E-state index contributed by atoms with van der Waals surface area (Å²) in [6, 6.07) is 6.10. The van der Waals surface area contributed by atoms with E-state index in [9.17, 15) is 4.79 Å². The number of ether oxygens (including phenoxy) is 2. The minimum absolute atomic E-state index is 0.0479. The van der Waals surface area contributed by atoms with Crippen molar-refractivity contribution in [3.63, 3.8) is 0 Å². The summed E-state index contributed by atoms with van der Waals surface area (Å²) >= 11 is 0. The number of nitrogens with one attached hydrogen (secondary N) is 1. The maximum Gasteiger partial charge on any atom is 0.321 e. The highest BCUT2D eigenvalue weighted by atomic mass is 16.5. The quantitative estimate of drug-likeness (QED) is 0.920. The van der Waals surface area contributed by atoms with E-state index in [4.69, 9.17) is 9.47 Å². The number of benzene rings is 1. The fourth-order valence-electron chi connectivity index (χ4n) is 3.68. The van der Waals surface area contributed by atoms with Crippen LogP contribution in [0.4, 0.5) is 10.5 Å². The molecule has 2 fully saturated rings. The summed E-state index contributed by atoms with van der Waals surface area (Å²) in [5.74, 6) is 1.27. The van der Waals surface area contributed by atoms with Crippen LogP contribution < -0.4 is 14.8 Å². The summed E-state index contributed by atoms with van der Waals surface area (Å²) in [7, 11) is 3.19. The van der Waals surface area contributed by atoms with Crippen LogP contribution in [-0.2, 0) is 0 Å². The average molecular weight is 333 g/mol. The summed E-state index contributed by atoms with van der Waals surface area (Å²) in [5, 5.41) is 2.95. The van der Waals surface area contributed by atoms with Crippen molar-refractivity contribution in [1.29, 1.82) is 0 Å². The monoisotopic (exact) mass is 333 g/mol. The second-order valence-electron chi connectivity index (χ2n) is 6.46. The Bertz CT molecular complexity index is 565. The Morgan fingerprint density at radius 1 is 1.04 bits per heavy atom. The number of nitrogens with zero attached hydrogens (tertiary/aromatic N) is 2. The number of piperazine rings is 1. The molecule has 0 spiro atoms. The molecule has 6 nitrogen and oxygen atoms in total. The van der Waals surface area contributed by atoms with Gasteiger partial charge in [-0.2, -0.15) is 0 Å². The van der Waals surface area contributed by atoms with Gasteiger partial charge >= 0.3 is 6.03 Å². The first-order valence-corrected chi connectivity index (χ1v) is 8.73. The first-order valence-electron chi connectivity index (χ1n) is 8.73. The molecule has 1 N–H and O–H groups in total. The third kappa shape index (κ3) is 3.75. The lowest BCUT2D eigenvalue weighted by atomic mass is 10.2. The molecule has 0 atom stereocenters. The predicted octanol–water partition coefficient (Wildman–Crippen LogP) is 2.80. The van der Waals surface area contributed by atoms with E-state index >= 15 is 0 Å². The Morgan fingerprint density at radius 3 is 2.33 bits per heavy atom. The molecule has 1 heterocycles. The second-order valence-corrected chi connectivity index (χ2v) is 6.46. The van der Waals surface area contributed by atoms with Crippen LogP contribution in [0.15, 0.2) is 18.2 Å². The van der Waals surface area contributed by atoms with Crippen LogP contribution in [0.5, 0.6) is 11.5 Å². The van der Waals surface area contributed by atoms with Crippen molar-refractivity contribution >= 4 is 11.7 Å². The van der Waals surface area contributed by atoms with Gasteiger partial charge in [0.1, 0.15) is 0 Å². The molecule has 0 unspecified atom stereocenters. The smallest absolute Gasteiger partial charge is 0.321 e. The standard InChI is InChI=1S/C18H27N3O3/c1-23-16-8-7-14(13-17(16)24-2)19-18(22)21-11-9-20(10-12-21)15-5-3-4-6-15/h7-8,13,15H,3-6,9-12H2,1-2H3,(H,19,22). The lowest BCUT2D eigenvalue weighted by Gasteiger charge is -2.38. The Morgan fingerprint density at radius 2 is 1.71 bits per heavy atom. The highest BCUT2D eigenvalue weighted by molar-refractivity contribution is 5.89. The fourth-order valence-corrected chi connectivity index (χ4v) is 3.68. The van der Waals surface area contributed by atoms with Crippen molar-refractivity contribution in [2.75, 3.05) is 45.7 Å². The van der Waals surface area contributed by atoms with Gasteiger partial charge in [-0.1, -0.05) is 12.8 Å². The van der Waals surface area contributed by atoms with Gasteiger partial charge in [-0.25, -0.2) is 4.79 Å². The molecular weight excluding hydrogens is 306 g/mol. The Balaban J connectivity index is 1.54. The molecule has 1 saturated heterocycles. The Kier molecular flexibility index (Phi) is 5.45. The number of carbonyl (C=O) groups excluding carboxylic acids is 1. The molecular formula is C18H27N3O3. The van der Waals surface area contributed by atoms with Gasteiger partial charge in [0.25, 0.3) is 0 Å². The topological polar surface area (TPSA) is 54.0 Å². The van der Waals surface area contributed by atoms with Gasteiger partial charge in [-0.3, -0.25) is 4.90 Å². The summed E-state index contributed by atoms with van der Waals surface area (Å²) in [4.78, 5) is 16.9. The summed E-state index contributed by atoms with van der Waals surface area (Å²) in [6.07, 6.45) is 5.34. The second kappa shape index (κ2) is 7.75. The van der Waals surface area contributed by atoms with Crippen LogP contribution in [0.2, 0.25) is 0 Å². The molecule has 0 radical (unpaired) electrons. The van der Waals surface area contributed by atoms with Gasteiger partial charge in [-0.05, 0) is 25.0 Å².